The minimum Gasteiger partial charge on any atom is -0.256 e. The van der Waals surface area contributed by atoms with E-state index >= 15 is 0 Å². The summed E-state index contributed by atoms with van der Waals surface area (Å²) in [6.45, 7) is 0. The molecule has 2 heteroatoms. The Bertz CT molecular complexity index is 398. The monoisotopic (exact) mass is 172 g/mol. The van der Waals surface area contributed by atoms with Crippen molar-refractivity contribution >= 4 is 0 Å². The van der Waals surface area contributed by atoms with Crippen LogP contribution in [-0.2, 0) is 0 Å². The van der Waals surface area contributed by atoms with E-state index < -0.39 is 0 Å². The van der Waals surface area contributed by atoms with Crippen molar-refractivity contribution in [1.82, 2.24) is 4.98 Å². The first kappa shape index (κ1) is 7.92. The summed E-state index contributed by atoms with van der Waals surface area (Å²) in [6.07, 6.45) is 1.53. The van der Waals surface area contributed by atoms with E-state index in [0.717, 1.165) is 0 Å². The third kappa shape index (κ3) is 1.56. The zero-order valence-electron chi connectivity index (χ0n) is 6.87. The van der Waals surface area contributed by atoms with Gasteiger partial charge in [-0.05, 0) is 18.2 Å². The largest absolute Gasteiger partial charge is 0.256 e. The zero-order chi connectivity index (χ0) is 9.10. The fraction of sp³-hybridized carbons (Fsp3) is 0. The lowest BCUT2D eigenvalue weighted by atomic mass is 10.1. The highest BCUT2D eigenvalue weighted by Gasteiger charge is 2.02. The first-order valence-electron chi connectivity index (χ1n) is 3.95. The van der Waals surface area contributed by atoms with E-state index in [1.165, 1.54) is 12.3 Å². The lowest BCUT2D eigenvalue weighted by Crippen LogP contribution is -1.85. The molecule has 0 atom stereocenters. The second-order valence-corrected chi connectivity index (χ2v) is 2.62. The van der Waals surface area contributed by atoms with Gasteiger partial charge >= 0.3 is 0 Å². The molecule has 0 unspecified atom stereocenters. The Labute approximate surface area is 75.9 Å². The summed E-state index contributed by atoms with van der Waals surface area (Å²) in [6, 6.07) is 12.8. The molecular weight excluding hydrogens is 165 g/mol. The van der Waals surface area contributed by atoms with Crippen LogP contribution in [0.3, 0.4) is 0 Å². The SMILES string of the molecule is Fc1ccccc1-c1cc[c]cn1. The van der Waals surface area contributed by atoms with Crippen LogP contribution < -0.4 is 0 Å². The maximum atomic E-state index is 13.2. The van der Waals surface area contributed by atoms with Crippen molar-refractivity contribution in [3.05, 3.63) is 54.5 Å². The van der Waals surface area contributed by atoms with Crippen LogP contribution >= 0.6 is 0 Å². The molecule has 1 radical (unpaired) electrons. The van der Waals surface area contributed by atoms with E-state index in [0.29, 0.717) is 11.3 Å². The quantitative estimate of drug-likeness (QED) is 0.644. The number of hydrogen-bond donors (Lipinski definition) is 0. The molecular formula is C11H7FN. The highest BCUT2D eigenvalue weighted by Crippen LogP contribution is 2.18. The smallest absolute Gasteiger partial charge is 0.132 e. The van der Waals surface area contributed by atoms with E-state index in [2.05, 4.69) is 11.1 Å². The van der Waals surface area contributed by atoms with Gasteiger partial charge in [0.05, 0.1) is 5.69 Å². The van der Waals surface area contributed by atoms with Gasteiger partial charge in [0.25, 0.3) is 0 Å². The molecule has 0 aliphatic heterocycles. The molecule has 0 saturated heterocycles. The fourth-order valence-electron chi connectivity index (χ4n) is 1.15. The number of benzene rings is 1. The molecule has 0 aliphatic carbocycles. The Kier molecular flexibility index (Phi) is 2.04. The molecule has 0 N–H and O–H groups in total. The molecule has 0 saturated carbocycles. The Morgan fingerprint density at radius 1 is 1.15 bits per heavy atom. The first-order chi connectivity index (χ1) is 6.38. The van der Waals surface area contributed by atoms with Crippen LogP contribution in [0.2, 0.25) is 0 Å². The van der Waals surface area contributed by atoms with Gasteiger partial charge in [0, 0.05) is 17.8 Å². The third-order valence-corrected chi connectivity index (χ3v) is 1.77. The molecule has 0 spiro atoms. The summed E-state index contributed by atoms with van der Waals surface area (Å²) in [5, 5.41) is 0. The summed E-state index contributed by atoms with van der Waals surface area (Å²) in [5.41, 5.74) is 1.16. The normalized spacial score (nSPS) is 9.92. The summed E-state index contributed by atoms with van der Waals surface area (Å²) in [4.78, 5) is 4.01. The summed E-state index contributed by atoms with van der Waals surface area (Å²) >= 11 is 0. The van der Waals surface area contributed by atoms with Crippen LogP contribution in [0, 0.1) is 11.9 Å². The standard InChI is InChI=1S/C11H7FN/c12-10-6-2-1-5-9(10)11-7-3-4-8-13-11/h1-3,5-8H. The van der Waals surface area contributed by atoms with E-state index in [9.17, 15) is 4.39 Å². The number of nitrogens with zero attached hydrogens (tertiary/aromatic N) is 1. The molecule has 0 bridgehead atoms. The second kappa shape index (κ2) is 3.35. The number of pyridine rings is 1. The fourth-order valence-corrected chi connectivity index (χ4v) is 1.15. The minimum absolute atomic E-state index is 0.249. The van der Waals surface area contributed by atoms with Gasteiger partial charge < -0.3 is 0 Å². The highest BCUT2D eigenvalue weighted by molar-refractivity contribution is 5.59. The second-order valence-electron chi connectivity index (χ2n) is 2.62. The molecule has 0 aliphatic rings. The Morgan fingerprint density at radius 3 is 2.69 bits per heavy atom. The van der Waals surface area contributed by atoms with Crippen molar-refractivity contribution in [1.29, 1.82) is 0 Å². The van der Waals surface area contributed by atoms with E-state index in [1.54, 1.807) is 30.3 Å². The maximum absolute atomic E-state index is 13.2. The molecule has 13 heavy (non-hydrogen) atoms. The van der Waals surface area contributed by atoms with Crippen molar-refractivity contribution in [2.75, 3.05) is 0 Å². The average molecular weight is 172 g/mol. The Hall–Kier alpha value is -1.70. The van der Waals surface area contributed by atoms with Crippen LogP contribution in [0.4, 0.5) is 4.39 Å². The Morgan fingerprint density at radius 2 is 2.00 bits per heavy atom. The average Bonchev–Trinajstić information content (AvgIpc) is 2.20. The van der Waals surface area contributed by atoms with Gasteiger partial charge in [0.1, 0.15) is 5.82 Å². The van der Waals surface area contributed by atoms with Gasteiger partial charge in [-0.15, -0.1) is 0 Å². The maximum Gasteiger partial charge on any atom is 0.132 e. The van der Waals surface area contributed by atoms with Crippen molar-refractivity contribution in [2.24, 2.45) is 0 Å². The molecule has 63 valence electrons. The summed E-state index contributed by atoms with van der Waals surface area (Å²) < 4.78 is 13.2. The molecule has 1 aromatic carbocycles. The molecule has 0 fully saturated rings. The van der Waals surface area contributed by atoms with E-state index in [4.69, 9.17) is 0 Å². The molecule has 1 nitrogen and oxygen atoms in total. The van der Waals surface area contributed by atoms with Gasteiger partial charge in [-0.25, -0.2) is 4.39 Å². The lowest BCUT2D eigenvalue weighted by molar-refractivity contribution is 0.631. The minimum atomic E-state index is -0.249. The molecule has 2 aromatic rings. The third-order valence-electron chi connectivity index (χ3n) is 1.77. The van der Waals surface area contributed by atoms with Crippen molar-refractivity contribution in [3.8, 4) is 11.3 Å². The molecule has 1 heterocycles. The zero-order valence-corrected chi connectivity index (χ0v) is 6.87. The molecule has 2 rings (SSSR count). The van der Waals surface area contributed by atoms with Crippen LogP contribution in [0.5, 0.6) is 0 Å². The summed E-state index contributed by atoms with van der Waals surface area (Å²) in [5.74, 6) is -0.249. The van der Waals surface area contributed by atoms with Gasteiger partial charge in [-0.1, -0.05) is 18.2 Å². The Balaban J connectivity index is 2.54. The van der Waals surface area contributed by atoms with Crippen LogP contribution in [-0.4, -0.2) is 4.98 Å². The van der Waals surface area contributed by atoms with E-state index in [1.807, 2.05) is 0 Å². The topological polar surface area (TPSA) is 12.9 Å². The van der Waals surface area contributed by atoms with Crippen molar-refractivity contribution in [2.45, 2.75) is 0 Å². The summed E-state index contributed by atoms with van der Waals surface area (Å²) in [7, 11) is 0. The lowest BCUT2D eigenvalue weighted by Gasteiger charge is -2.00. The van der Waals surface area contributed by atoms with E-state index in [-0.39, 0.29) is 5.82 Å². The van der Waals surface area contributed by atoms with Crippen molar-refractivity contribution in [3.63, 3.8) is 0 Å². The van der Waals surface area contributed by atoms with Gasteiger partial charge in [0.2, 0.25) is 0 Å². The van der Waals surface area contributed by atoms with Gasteiger partial charge in [0.15, 0.2) is 0 Å². The first-order valence-corrected chi connectivity index (χ1v) is 3.95. The predicted octanol–water partition coefficient (Wildman–Crippen LogP) is 2.69. The highest BCUT2D eigenvalue weighted by atomic mass is 19.1. The van der Waals surface area contributed by atoms with Gasteiger partial charge in [-0.3, -0.25) is 4.98 Å². The van der Waals surface area contributed by atoms with Crippen LogP contribution in [0.15, 0.2) is 42.6 Å². The number of aromatic nitrogens is 1. The molecule has 1 aromatic heterocycles. The predicted molar refractivity (Wildman–Crippen MR) is 48.5 cm³/mol. The molecule has 0 amide bonds. The van der Waals surface area contributed by atoms with Crippen molar-refractivity contribution < 1.29 is 4.39 Å². The number of halogens is 1. The number of rotatable bonds is 1. The van der Waals surface area contributed by atoms with Crippen LogP contribution in [0.1, 0.15) is 0 Å². The van der Waals surface area contributed by atoms with Gasteiger partial charge in [-0.2, -0.15) is 0 Å². The number of hydrogen-bond acceptors (Lipinski definition) is 1. The van der Waals surface area contributed by atoms with Crippen LogP contribution in [0.25, 0.3) is 11.3 Å².